The van der Waals surface area contributed by atoms with Crippen LogP contribution in [0.15, 0.2) is 0 Å². The van der Waals surface area contributed by atoms with E-state index in [0.717, 1.165) is 23.7 Å². The van der Waals surface area contributed by atoms with Crippen LogP contribution in [0.5, 0.6) is 5.88 Å². The molecule has 1 aliphatic heterocycles. The summed E-state index contributed by atoms with van der Waals surface area (Å²) in [5, 5.41) is 4.52. The van der Waals surface area contributed by atoms with Gasteiger partial charge in [0.1, 0.15) is 0 Å². The number of aromatic nitrogens is 2. The third-order valence-corrected chi connectivity index (χ3v) is 5.01. The monoisotopic (exact) mass is 294 g/mol. The normalized spacial score (nSPS) is 28.6. The van der Waals surface area contributed by atoms with E-state index in [1.54, 1.807) is 7.11 Å². The predicted molar refractivity (Wildman–Crippen MR) is 85.4 cm³/mol. The van der Waals surface area contributed by atoms with Crippen LogP contribution < -0.4 is 10.5 Å². The van der Waals surface area contributed by atoms with Crippen LogP contribution in [0.2, 0.25) is 0 Å². The minimum Gasteiger partial charge on any atom is -0.481 e. The van der Waals surface area contributed by atoms with Gasteiger partial charge in [-0.2, -0.15) is 5.10 Å². The average Bonchev–Trinajstić information content (AvgIpc) is 2.70. The second-order valence-electron chi connectivity index (χ2n) is 6.64. The molecule has 4 atom stereocenters. The number of hydrogen-bond donors (Lipinski definition) is 1. The SMILES string of the molecule is COc1c(C(CN)N2CC(C)CC(C)C2C)c(C)nn1C. The molecule has 5 nitrogen and oxygen atoms in total. The van der Waals surface area contributed by atoms with Crippen LogP contribution in [-0.4, -0.2) is 40.9 Å². The zero-order valence-electron chi connectivity index (χ0n) is 14.3. The van der Waals surface area contributed by atoms with Crippen LogP contribution in [0, 0.1) is 18.8 Å². The van der Waals surface area contributed by atoms with Gasteiger partial charge < -0.3 is 10.5 Å². The number of ether oxygens (including phenoxy) is 1. The summed E-state index contributed by atoms with van der Waals surface area (Å²) in [6, 6.07) is 0.702. The third-order valence-electron chi connectivity index (χ3n) is 5.01. The zero-order chi connectivity index (χ0) is 15.7. The van der Waals surface area contributed by atoms with Crippen molar-refractivity contribution >= 4 is 0 Å². The fourth-order valence-electron chi connectivity index (χ4n) is 3.87. The molecule has 0 aromatic carbocycles. The zero-order valence-corrected chi connectivity index (χ0v) is 14.3. The Bertz CT molecular complexity index is 485. The van der Waals surface area contributed by atoms with Crippen LogP contribution in [0.3, 0.4) is 0 Å². The first-order valence-corrected chi connectivity index (χ1v) is 7.93. The summed E-state index contributed by atoms with van der Waals surface area (Å²) in [6.45, 7) is 10.7. The average molecular weight is 294 g/mol. The van der Waals surface area contributed by atoms with E-state index in [9.17, 15) is 0 Å². The van der Waals surface area contributed by atoms with E-state index < -0.39 is 0 Å². The maximum absolute atomic E-state index is 6.16. The molecule has 0 bridgehead atoms. The molecule has 0 spiro atoms. The number of nitrogens with two attached hydrogens (primary N) is 1. The van der Waals surface area contributed by atoms with E-state index in [2.05, 4.69) is 30.8 Å². The summed E-state index contributed by atoms with van der Waals surface area (Å²) in [6.07, 6.45) is 1.29. The Hall–Kier alpha value is -1.07. The van der Waals surface area contributed by atoms with E-state index in [-0.39, 0.29) is 6.04 Å². The molecule has 5 heteroatoms. The second kappa shape index (κ2) is 6.36. The van der Waals surface area contributed by atoms with E-state index in [4.69, 9.17) is 10.5 Å². The molecule has 2 rings (SSSR count). The highest BCUT2D eigenvalue weighted by atomic mass is 16.5. The maximum Gasteiger partial charge on any atom is 0.216 e. The lowest BCUT2D eigenvalue weighted by molar-refractivity contribution is 0.0413. The molecule has 4 unspecified atom stereocenters. The quantitative estimate of drug-likeness (QED) is 0.924. The number of aryl methyl sites for hydroxylation is 2. The Kier molecular flexibility index (Phi) is 4.94. The molecule has 1 saturated heterocycles. The largest absolute Gasteiger partial charge is 0.481 e. The van der Waals surface area contributed by atoms with Gasteiger partial charge in [-0.1, -0.05) is 13.8 Å². The van der Waals surface area contributed by atoms with Crippen LogP contribution in [-0.2, 0) is 7.05 Å². The van der Waals surface area contributed by atoms with Gasteiger partial charge in [0.15, 0.2) is 0 Å². The van der Waals surface area contributed by atoms with Crippen LogP contribution in [0.25, 0.3) is 0 Å². The highest BCUT2D eigenvalue weighted by Gasteiger charge is 2.36. The van der Waals surface area contributed by atoms with Gasteiger partial charge in [-0.25, -0.2) is 4.68 Å². The highest BCUT2D eigenvalue weighted by Crippen LogP contribution is 2.37. The van der Waals surface area contributed by atoms with Crippen molar-refractivity contribution in [3.8, 4) is 5.88 Å². The summed E-state index contributed by atoms with van der Waals surface area (Å²) >= 11 is 0. The lowest BCUT2D eigenvalue weighted by Gasteiger charge is -2.45. The molecule has 2 heterocycles. The van der Waals surface area contributed by atoms with Crippen molar-refractivity contribution in [1.29, 1.82) is 0 Å². The van der Waals surface area contributed by atoms with Gasteiger partial charge in [0.25, 0.3) is 0 Å². The molecular formula is C16H30N4O. The Labute approximate surface area is 128 Å². The Morgan fingerprint density at radius 3 is 2.62 bits per heavy atom. The molecule has 0 amide bonds. The van der Waals surface area contributed by atoms with Gasteiger partial charge in [-0.15, -0.1) is 0 Å². The number of methoxy groups -OCH3 is 1. The molecule has 0 aliphatic carbocycles. The predicted octanol–water partition coefficient (Wildman–Crippen LogP) is 2.10. The highest BCUT2D eigenvalue weighted by molar-refractivity contribution is 5.35. The lowest BCUT2D eigenvalue weighted by atomic mass is 9.84. The number of rotatable bonds is 4. The number of piperidine rings is 1. The Morgan fingerprint density at radius 1 is 1.38 bits per heavy atom. The van der Waals surface area contributed by atoms with E-state index in [1.807, 2.05) is 18.7 Å². The lowest BCUT2D eigenvalue weighted by Crippen LogP contribution is -2.49. The topological polar surface area (TPSA) is 56.3 Å². The summed E-state index contributed by atoms with van der Waals surface area (Å²) in [5.41, 5.74) is 8.32. The van der Waals surface area contributed by atoms with Gasteiger partial charge in [0.05, 0.1) is 24.4 Å². The van der Waals surface area contributed by atoms with Gasteiger partial charge >= 0.3 is 0 Å². The standard InChI is InChI=1S/C16H30N4O/c1-10-7-11(2)13(4)20(9-10)14(8-17)15-12(3)18-19(5)16(15)21-6/h10-11,13-14H,7-9,17H2,1-6H3. The van der Waals surface area contributed by atoms with Crippen LogP contribution in [0.1, 0.15) is 44.5 Å². The van der Waals surface area contributed by atoms with Crippen molar-refractivity contribution in [2.45, 2.75) is 46.2 Å². The number of nitrogens with zero attached hydrogens (tertiary/aromatic N) is 3. The first-order chi connectivity index (χ1) is 9.90. The number of likely N-dealkylation sites (tertiary alicyclic amines) is 1. The van der Waals surface area contributed by atoms with Crippen molar-refractivity contribution < 1.29 is 4.74 Å². The molecule has 0 radical (unpaired) electrons. The first-order valence-electron chi connectivity index (χ1n) is 7.93. The molecule has 1 fully saturated rings. The van der Waals surface area contributed by atoms with Crippen molar-refractivity contribution in [2.24, 2.45) is 24.6 Å². The fourth-order valence-corrected chi connectivity index (χ4v) is 3.87. The maximum atomic E-state index is 6.16. The van der Waals surface area contributed by atoms with Crippen LogP contribution >= 0.6 is 0 Å². The van der Waals surface area contributed by atoms with Crippen molar-refractivity contribution in [1.82, 2.24) is 14.7 Å². The van der Waals surface area contributed by atoms with E-state index in [0.29, 0.717) is 24.4 Å². The minimum absolute atomic E-state index is 0.175. The van der Waals surface area contributed by atoms with E-state index in [1.165, 1.54) is 6.42 Å². The fraction of sp³-hybridized carbons (Fsp3) is 0.812. The Morgan fingerprint density at radius 2 is 2.05 bits per heavy atom. The van der Waals surface area contributed by atoms with Gasteiger partial charge in [-0.3, -0.25) is 4.90 Å². The summed E-state index contributed by atoms with van der Waals surface area (Å²) in [4.78, 5) is 2.55. The summed E-state index contributed by atoms with van der Waals surface area (Å²) < 4.78 is 7.39. The molecule has 2 N–H and O–H groups in total. The third kappa shape index (κ3) is 2.94. The van der Waals surface area contributed by atoms with Gasteiger partial charge in [-0.05, 0) is 32.1 Å². The van der Waals surface area contributed by atoms with Gasteiger partial charge in [0.2, 0.25) is 5.88 Å². The molecule has 0 saturated carbocycles. The smallest absolute Gasteiger partial charge is 0.216 e. The second-order valence-corrected chi connectivity index (χ2v) is 6.64. The molecular weight excluding hydrogens is 264 g/mol. The molecule has 21 heavy (non-hydrogen) atoms. The van der Waals surface area contributed by atoms with E-state index >= 15 is 0 Å². The molecule has 1 aromatic heterocycles. The first kappa shape index (κ1) is 16.3. The molecule has 120 valence electrons. The summed E-state index contributed by atoms with van der Waals surface area (Å²) in [5.74, 6) is 2.22. The van der Waals surface area contributed by atoms with Crippen LogP contribution in [0.4, 0.5) is 0 Å². The Balaban J connectivity index is 2.39. The summed E-state index contributed by atoms with van der Waals surface area (Å²) in [7, 11) is 3.63. The van der Waals surface area contributed by atoms with Crippen molar-refractivity contribution in [3.05, 3.63) is 11.3 Å². The van der Waals surface area contributed by atoms with Gasteiger partial charge in [0, 0.05) is 26.2 Å². The van der Waals surface area contributed by atoms with Crippen molar-refractivity contribution in [3.63, 3.8) is 0 Å². The minimum atomic E-state index is 0.175. The number of hydrogen-bond acceptors (Lipinski definition) is 4. The van der Waals surface area contributed by atoms with Crippen molar-refractivity contribution in [2.75, 3.05) is 20.2 Å². The molecule has 1 aliphatic rings. The molecule has 1 aromatic rings.